The molecule has 3 rings (SSSR count). The number of hydrogen-bond donors (Lipinski definition) is 1. The maximum atomic E-state index is 4.58. The van der Waals surface area contributed by atoms with Crippen molar-refractivity contribution in [3.8, 4) is 0 Å². The molecule has 1 N–H and O–H groups in total. The van der Waals surface area contributed by atoms with E-state index in [4.69, 9.17) is 0 Å². The van der Waals surface area contributed by atoms with Gasteiger partial charge in [-0.2, -0.15) is 11.3 Å². The molecule has 0 saturated carbocycles. The molecule has 2 nitrogen and oxygen atoms in total. The molecule has 1 aromatic carbocycles. The Morgan fingerprint density at radius 1 is 1.29 bits per heavy atom. The molecule has 3 aromatic rings. The molecule has 0 spiro atoms. The van der Waals surface area contributed by atoms with E-state index in [-0.39, 0.29) is 0 Å². The SMILES string of the molecule is Cc1ccc2sc(NCc3ccsc3)nc2c1. The normalized spacial score (nSPS) is 10.9. The second kappa shape index (κ2) is 4.47. The zero-order valence-corrected chi connectivity index (χ0v) is 11.1. The minimum Gasteiger partial charge on any atom is -0.357 e. The van der Waals surface area contributed by atoms with Gasteiger partial charge in [0.15, 0.2) is 5.13 Å². The van der Waals surface area contributed by atoms with E-state index in [2.05, 4.69) is 52.3 Å². The Hall–Kier alpha value is -1.39. The first-order chi connectivity index (χ1) is 8.31. The molecule has 0 unspecified atom stereocenters. The standard InChI is InChI=1S/C13H12N2S2/c1-9-2-3-12-11(6-9)15-13(17-12)14-7-10-4-5-16-8-10/h2-6,8H,7H2,1H3,(H,14,15). The zero-order valence-electron chi connectivity index (χ0n) is 9.43. The van der Waals surface area contributed by atoms with Gasteiger partial charge in [-0.1, -0.05) is 17.4 Å². The lowest BCUT2D eigenvalue weighted by Gasteiger charge is -1.98. The van der Waals surface area contributed by atoms with Gasteiger partial charge in [-0.25, -0.2) is 4.98 Å². The van der Waals surface area contributed by atoms with Crippen LogP contribution in [-0.4, -0.2) is 4.98 Å². The molecule has 0 atom stereocenters. The van der Waals surface area contributed by atoms with E-state index in [1.807, 2.05) is 0 Å². The van der Waals surface area contributed by atoms with Crippen molar-refractivity contribution in [1.29, 1.82) is 0 Å². The fraction of sp³-hybridized carbons (Fsp3) is 0.154. The van der Waals surface area contributed by atoms with Crippen molar-refractivity contribution < 1.29 is 0 Å². The average molecular weight is 260 g/mol. The predicted molar refractivity (Wildman–Crippen MR) is 76.0 cm³/mol. The number of hydrogen-bond acceptors (Lipinski definition) is 4. The molecular formula is C13H12N2S2. The predicted octanol–water partition coefficient (Wildman–Crippen LogP) is 4.28. The molecule has 86 valence electrons. The minimum atomic E-state index is 0.850. The number of rotatable bonds is 3. The largest absolute Gasteiger partial charge is 0.357 e. The van der Waals surface area contributed by atoms with Crippen LogP contribution in [-0.2, 0) is 6.54 Å². The summed E-state index contributed by atoms with van der Waals surface area (Å²) in [7, 11) is 0. The van der Waals surface area contributed by atoms with Crippen LogP contribution in [0.25, 0.3) is 10.2 Å². The number of thiophene rings is 1. The Morgan fingerprint density at radius 2 is 2.24 bits per heavy atom. The number of nitrogens with zero attached hydrogens (tertiary/aromatic N) is 1. The van der Waals surface area contributed by atoms with E-state index < -0.39 is 0 Å². The van der Waals surface area contributed by atoms with Gasteiger partial charge in [0, 0.05) is 6.54 Å². The Bertz CT molecular complexity index is 626. The van der Waals surface area contributed by atoms with E-state index in [0.717, 1.165) is 17.2 Å². The van der Waals surface area contributed by atoms with Crippen molar-refractivity contribution in [2.45, 2.75) is 13.5 Å². The fourth-order valence-electron chi connectivity index (χ4n) is 1.68. The van der Waals surface area contributed by atoms with Crippen LogP contribution < -0.4 is 5.32 Å². The molecule has 0 fully saturated rings. The van der Waals surface area contributed by atoms with Gasteiger partial charge in [-0.3, -0.25) is 0 Å². The summed E-state index contributed by atoms with van der Waals surface area (Å²) >= 11 is 3.43. The highest BCUT2D eigenvalue weighted by Crippen LogP contribution is 2.26. The molecule has 0 radical (unpaired) electrons. The number of benzene rings is 1. The van der Waals surface area contributed by atoms with E-state index in [1.54, 1.807) is 22.7 Å². The van der Waals surface area contributed by atoms with E-state index in [0.29, 0.717) is 0 Å². The lowest BCUT2D eigenvalue weighted by Crippen LogP contribution is -1.96. The fourth-order valence-corrected chi connectivity index (χ4v) is 3.19. The molecule has 2 aromatic heterocycles. The third-order valence-electron chi connectivity index (χ3n) is 2.57. The van der Waals surface area contributed by atoms with Gasteiger partial charge in [0.1, 0.15) is 0 Å². The summed E-state index contributed by atoms with van der Waals surface area (Å²) in [5.41, 5.74) is 3.65. The molecular weight excluding hydrogens is 248 g/mol. The third kappa shape index (κ3) is 2.33. The highest BCUT2D eigenvalue weighted by atomic mass is 32.1. The van der Waals surface area contributed by atoms with Gasteiger partial charge in [-0.05, 0) is 47.0 Å². The van der Waals surface area contributed by atoms with Crippen molar-refractivity contribution in [1.82, 2.24) is 4.98 Å². The van der Waals surface area contributed by atoms with Gasteiger partial charge in [0.05, 0.1) is 10.2 Å². The van der Waals surface area contributed by atoms with Crippen molar-refractivity contribution >= 4 is 38.0 Å². The van der Waals surface area contributed by atoms with Crippen molar-refractivity contribution in [2.75, 3.05) is 5.32 Å². The van der Waals surface area contributed by atoms with Gasteiger partial charge in [0.2, 0.25) is 0 Å². The van der Waals surface area contributed by atoms with Gasteiger partial charge in [-0.15, -0.1) is 0 Å². The maximum absolute atomic E-state index is 4.58. The highest BCUT2D eigenvalue weighted by Gasteiger charge is 2.03. The zero-order chi connectivity index (χ0) is 11.7. The third-order valence-corrected chi connectivity index (χ3v) is 4.29. The molecule has 2 heterocycles. The number of fused-ring (bicyclic) bond motifs is 1. The van der Waals surface area contributed by atoms with Gasteiger partial charge in [0.25, 0.3) is 0 Å². The second-order valence-electron chi connectivity index (χ2n) is 3.98. The monoisotopic (exact) mass is 260 g/mol. The van der Waals surface area contributed by atoms with Crippen LogP contribution in [0.4, 0.5) is 5.13 Å². The second-order valence-corrected chi connectivity index (χ2v) is 5.79. The number of nitrogens with one attached hydrogen (secondary N) is 1. The number of aromatic nitrogens is 1. The van der Waals surface area contributed by atoms with Crippen LogP contribution >= 0.6 is 22.7 Å². The van der Waals surface area contributed by atoms with Crippen molar-refractivity contribution in [3.63, 3.8) is 0 Å². The quantitative estimate of drug-likeness (QED) is 0.760. The molecule has 0 amide bonds. The lowest BCUT2D eigenvalue weighted by molar-refractivity contribution is 1.15. The summed E-state index contributed by atoms with van der Waals surface area (Å²) in [5, 5.41) is 8.62. The Balaban J connectivity index is 1.81. The maximum Gasteiger partial charge on any atom is 0.184 e. The van der Waals surface area contributed by atoms with Gasteiger partial charge < -0.3 is 5.32 Å². The smallest absolute Gasteiger partial charge is 0.184 e. The van der Waals surface area contributed by atoms with E-state index in [1.165, 1.54) is 15.8 Å². The summed E-state index contributed by atoms with van der Waals surface area (Å²) in [6.45, 7) is 2.94. The molecule has 0 bridgehead atoms. The van der Waals surface area contributed by atoms with Crippen LogP contribution in [0.3, 0.4) is 0 Å². The molecule has 0 aliphatic rings. The number of thiazole rings is 1. The minimum absolute atomic E-state index is 0.850. The number of aryl methyl sites for hydroxylation is 1. The van der Waals surface area contributed by atoms with E-state index >= 15 is 0 Å². The summed E-state index contributed by atoms with van der Waals surface area (Å²) in [5.74, 6) is 0. The first-order valence-corrected chi connectivity index (χ1v) is 7.19. The summed E-state index contributed by atoms with van der Waals surface area (Å²) in [6.07, 6.45) is 0. The Morgan fingerprint density at radius 3 is 3.06 bits per heavy atom. The molecule has 0 saturated heterocycles. The Labute approximate surface area is 108 Å². The molecule has 17 heavy (non-hydrogen) atoms. The van der Waals surface area contributed by atoms with Crippen molar-refractivity contribution in [2.24, 2.45) is 0 Å². The summed E-state index contributed by atoms with van der Waals surface area (Å²) in [6, 6.07) is 8.53. The average Bonchev–Trinajstić information content (AvgIpc) is 2.94. The van der Waals surface area contributed by atoms with Crippen LogP contribution in [0.2, 0.25) is 0 Å². The van der Waals surface area contributed by atoms with Crippen LogP contribution in [0.1, 0.15) is 11.1 Å². The topological polar surface area (TPSA) is 24.9 Å². The van der Waals surface area contributed by atoms with Crippen LogP contribution in [0, 0.1) is 6.92 Å². The molecule has 0 aliphatic carbocycles. The van der Waals surface area contributed by atoms with Crippen LogP contribution in [0.15, 0.2) is 35.0 Å². The van der Waals surface area contributed by atoms with Crippen LogP contribution in [0.5, 0.6) is 0 Å². The summed E-state index contributed by atoms with van der Waals surface area (Å²) in [4.78, 5) is 4.58. The number of anilines is 1. The summed E-state index contributed by atoms with van der Waals surface area (Å²) < 4.78 is 1.24. The highest BCUT2D eigenvalue weighted by molar-refractivity contribution is 7.22. The first-order valence-electron chi connectivity index (χ1n) is 5.43. The lowest BCUT2D eigenvalue weighted by atomic mass is 10.2. The van der Waals surface area contributed by atoms with E-state index in [9.17, 15) is 0 Å². The van der Waals surface area contributed by atoms with Gasteiger partial charge >= 0.3 is 0 Å². The first kappa shape index (κ1) is 10.7. The molecule has 0 aliphatic heterocycles. The van der Waals surface area contributed by atoms with Crippen molar-refractivity contribution in [3.05, 3.63) is 46.2 Å². The Kier molecular flexibility index (Phi) is 2.82. The molecule has 4 heteroatoms.